The van der Waals surface area contributed by atoms with E-state index in [9.17, 15) is 18.8 Å². The van der Waals surface area contributed by atoms with Crippen molar-refractivity contribution in [1.82, 2.24) is 9.88 Å². The number of imide groups is 2. The van der Waals surface area contributed by atoms with Crippen LogP contribution in [-0.2, 0) is 9.59 Å². The van der Waals surface area contributed by atoms with Crippen LogP contribution in [0, 0.1) is 31.0 Å². The lowest BCUT2D eigenvalue weighted by Gasteiger charge is -2.26. The molecule has 1 aliphatic heterocycles. The van der Waals surface area contributed by atoms with Gasteiger partial charge in [-0.3, -0.25) is 14.9 Å². The lowest BCUT2D eigenvalue weighted by molar-refractivity contribution is -0.122. The minimum absolute atomic E-state index is 0.0222. The molecule has 0 aliphatic carbocycles. The number of carbonyl (C=O) groups excluding carboxylic acids is 3. The first-order chi connectivity index (χ1) is 15.3. The number of rotatable bonds is 3. The normalized spacial score (nSPS) is 15.1. The molecule has 4 amide bonds. The van der Waals surface area contributed by atoms with Crippen LogP contribution in [0.15, 0.2) is 60.2 Å². The molecular formula is C24H17FN4O3. The minimum atomic E-state index is -0.939. The molecule has 7 nitrogen and oxygen atoms in total. The van der Waals surface area contributed by atoms with Gasteiger partial charge >= 0.3 is 6.03 Å². The number of hydrogen-bond acceptors (Lipinski definition) is 4. The molecular weight excluding hydrogens is 411 g/mol. The number of benzene rings is 2. The molecule has 1 aliphatic rings. The van der Waals surface area contributed by atoms with Gasteiger partial charge in [-0.1, -0.05) is 6.07 Å². The molecule has 2 heterocycles. The lowest BCUT2D eigenvalue weighted by atomic mass is 10.1. The van der Waals surface area contributed by atoms with Crippen molar-refractivity contribution in [2.45, 2.75) is 13.8 Å². The highest BCUT2D eigenvalue weighted by Gasteiger charge is 2.37. The highest BCUT2D eigenvalue weighted by atomic mass is 19.1. The highest BCUT2D eigenvalue weighted by molar-refractivity contribution is 6.39. The van der Waals surface area contributed by atoms with Gasteiger partial charge in [0.15, 0.2) is 0 Å². The Bertz CT molecular complexity index is 1350. The Morgan fingerprint density at radius 3 is 2.38 bits per heavy atom. The van der Waals surface area contributed by atoms with Crippen molar-refractivity contribution in [3.63, 3.8) is 0 Å². The first-order valence-electron chi connectivity index (χ1n) is 9.66. The van der Waals surface area contributed by atoms with Crippen molar-refractivity contribution >= 4 is 29.6 Å². The predicted molar refractivity (Wildman–Crippen MR) is 115 cm³/mol. The van der Waals surface area contributed by atoms with Crippen LogP contribution < -0.4 is 10.2 Å². The van der Waals surface area contributed by atoms with Crippen molar-refractivity contribution in [3.8, 4) is 11.8 Å². The van der Waals surface area contributed by atoms with E-state index in [2.05, 4.69) is 11.4 Å². The van der Waals surface area contributed by atoms with E-state index < -0.39 is 23.7 Å². The van der Waals surface area contributed by atoms with Gasteiger partial charge in [0.2, 0.25) is 0 Å². The van der Waals surface area contributed by atoms with Crippen LogP contribution in [0.5, 0.6) is 0 Å². The number of barbiturate groups is 1. The predicted octanol–water partition coefficient (Wildman–Crippen LogP) is 3.77. The van der Waals surface area contributed by atoms with Gasteiger partial charge in [0.25, 0.3) is 11.8 Å². The fourth-order valence-corrected chi connectivity index (χ4v) is 3.68. The van der Waals surface area contributed by atoms with E-state index in [0.29, 0.717) is 11.1 Å². The number of carbonyl (C=O) groups is 3. The number of nitrogens with one attached hydrogen (secondary N) is 1. The number of nitrogens with zero attached hydrogens (tertiary/aromatic N) is 3. The Labute approximate surface area is 183 Å². The Balaban J connectivity index is 1.75. The summed E-state index contributed by atoms with van der Waals surface area (Å²) in [5.74, 6) is -2.28. The summed E-state index contributed by atoms with van der Waals surface area (Å²) in [6.07, 6.45) is 1.42. The smallest absolute Gasteiger partial charge is 0.318 e. The molecule has 0 radical (unpaired) electrons. The van der Waals surface area contributed by atoms with E-state index in [1.165, 1.54) is 24.3 Å². The Hall–Kier alpha value is -4.51. The average molecular weight is 428 g/mol. The summed E-state index contributed by atoms with van der Waals surface area (Å²) in [4.78, 5) is 38.5. The highest BCUT2D eigenvalue weighted by Crippen LogP contribution is 2.26. The third kappa shape index (κ3) is 3.56. The minimum Gasteiger partial charge on any atom is -0.318 e. The van der Waals surface area contributed by atoms with E-state index in [1.807, 2.05) is 24.5 Å². The van der Waals surface area contributed by atoms with Gasteiger partial charge in [0.05, 0.1) is 17.3 Å². The van der Waals surface area contributed by atoms with Crippen LogP contribution in [0.2, 0.25) is 0 Å². The van der Waals surface area contributed by atoms with Gasteiger partial charge in [0, 0.05) is 17.1 Å². The zero-order valence-electron chi connectivity index (χ0n) is 17.2. The van der Waals surface area contributed by atoms with Crippen molar-refractivity contribution in [2.24, 2.45) is 0 Å². The quantitative estimate of drug-likeness (QED) is 0.507. The first kappa shape index (κ1) is 20.8. The Kier molecular flexibility index (Phi) is 5.16. The zero-order valence-corrected chi connectivity index (χ0v) is 17.2. The second kappa shape index (κ2) is 7.96. The van der Waals surface area contributed by atoms with Crippen LogP contribution in [0.25, 0.3) is 11.8 Å². The fourth-order valence-electron chi connectivity index (χ4n) is 3.68. The molecule has 0 saturated carbocycles. The number of nitriles is 1. The van der Waals surface area contributed by atoms with E-state index in [4.69, 9.17) is 5.26 Å². The number of hydrogen-bond donors (Lipinski definition) is 1. The second-order valence-corrected chi connectivity index (χ2v) is 7.26. The molecule has 1 fully saturated rings. The lowest BCUT2D eigenvalue weighted by Crippen LogP contribution is -2.54. The standard InChI is InChI=1S/C24H17FN4O3/c1-14-10-17(15(2)28(14)19-8-6-16(13-26)7-9-19)11-21-22(30)27-24(32)29(23(21)31)20-5-3-4-18(25)12-20/h3-12H,1-2H3,(H,27,30,32)/b21-11+. The van der Waals surface area contributed by atoms with E-state index >= 15 is 0 Å². The van der Waals surface area contributed by atoms with Gasteiger partial charge in [-0.2, -0.15) is 5.26 Å². The zero-order chi connectivity index (χ0) is 23.0. The second-order valence-electron chi connectivity index (χ2n) is 7.26. The maximum absolute atomic E-state index is 13.6. The van der Waals surface area contributed by atoms with E-state index in [-0.39, 0.29) is 11.3 Å². The largest absolute Gasteiger partial charge is 0.335 e. The van der Waals surface area contributed by atoms with Gasteiger partial charge in [-0.25, -0.2) is 14.1 Å². The fraction of sp³-hybridized carbons (Fsp3) is 0.0833. The molecule has 4 rings (SSSR count). The number of amides is 4. The van der Waals surface area contributed by atoms with Gasteiger partial charge < -0.3 is 4.57 Å². The SMILES string of the molecule is Cc1cc(/C=C2\C(=O)NC(=O)N(c3cccc(F)c3)C2=O)c(C)n1-c1ccc(C#N)cc1. The van der Waals surface area contributed by atoms with Crippen molar-refractivity contribution in [2.75, 3.05) is 4.90 Å². The van der Waals surface area contributed by atoms with Crippen LogP contribution in [0.3, 0.4) is 0 Å². The molecule has 2 aromatic carbocycles. The molecule has 1 saturated heterocycles. The van der Waals surface area contributed by atoms with Gasteiger partial charge in [-0.15, -0.1) is 0 Å². The summed E-state index contributed by atoms with van der Waals surface area (Å²) in [6.45, 7) is 3.71. The monoisotopic (exact) mass is 428 g/mol. The van der Waals surface area contributed by atoms with Crippen LogP contribution in [0.1, 0.15) is 22.5 Å². The number of anilines is 1. The van der Waals surface area contributed by atoms with Crippen LogP contribution >= 0.6 is 0 Å². The Morgan fingerprint density at radius 1 is 1.00 bits per heavy atom. The summed E-state index contributed by atoms with van der Waals surface area (Å²) in [5, 5.41) is 11.1. The van der Waals surface area contributed by atoms with Crippen LogP contribution in [-0.4, -0.2) is 22.4 Å². The summed E-state index contributed by atoms with van der Waals surface area (Å²) >= 11 is 0. The van der Waals surface area contributed by atoms with Gasteiger partial charge in [0.1, 0.15) is 11.4 Å². The molecule has 0 spiro atoms. The van der Waals surface area contributed by atoms with E-state index in [1.54, 1.807) is 24.3 Å². The Morgan fingerprint density at radius 2 is 1.72 bits per heavy atom. The molecule has 158 valence electrons. The summed E-state index contributed by atoms with van der Waals surface area (Å²) in [7, 11) is 0. The van der Waals surface area contributed by atoms with Crippen molar-refractivity contribution in [1.29, 1.82) is 5.26 Å². The molecule has 3 aromatic rings. The number of halogens is 1. The van der Waals surface area contributed by atoms with E-state index in [0.717, 1.165) is 28.0 Å². The summed E-state index contributed by atoms with van der Waals surface area (Å²) in [6, 6.07) is 15.0. The summed E-state index contributed by atoms with van der Waals surface area (Å²) in [5.41, 5.74) is 3.35. The van der Waals surface area contributed by atoms with Crippen molar-refractivity contribution in [3.05, 3.63) is 88.5 Å². The van der Waals surface area contributed by atoms with Crippen LogP contribution in [0.4, 0.5) is 14.9 Å². The molecule has 1 N–H and O–H groups in total. The maximum atomic E-state index is 13.6. The summed E-state index contributed by atoms with van der Waals surface area (Å²) < 4.78 is 15.6. The third-order valence-electron chi connectivity index (χ3n) is 5.19. The molecule has 0 unspecified atom stereocenters. The first-order valence-corrected chi connectivity index (χ1v) is 9.66. The maximum Gasteiger partial charge on any atom is 0.335 e. The number of aryl methyl sites for hydroxylation is 1. The molecule has 32 heavy (non-hydrogen) atoms. The number of aromatic nitrogens is 1. The topological polar surface area (TPSA) is 95.2 Å². The molecule has 0 bridgehead atoms. The third-order valence-corrected chi connectivity index (χ3v) is 5.19. The average Bonchev–Trinajstić information content (AvgIpc) is 3.04. The number of urea groups is 1. The molecule has 1 aromatic heterocycles. The molecule has 0 atom stereocenters. The van der Waals surface area contributed by atoms with Crippen molar-refractivity contribution < 1.29 is 18.8 Å². The molecule has 8 heteroatoms. The van der Waals surface area contributed by atoms with Gasteiger partial charge in [-0.05, 0) is 74.0 Å².